The Morgan fingerprint density at radius 1 is 1.13 bits per heavy atom. The van der Waals surface area contributed by atoms with Gasteiger partial charge in [-0.3, -0.25) is 0 Å². The van der Waals surface area contributed by atoms with Crippen molar-refractivity contribution in [2.45, 2.75) is 13.5 Å². The molecule has 0 saturated heterocycles. The molecule has 0 saturated carbocycles. The summed E-state index contributed by atoms with van der Waals surface area (Å²) in [5, 5.41) is 10.2. The van der Waals surface area contributed by atoms with Gasteiger partial charge >= 0.3 is 5.97 Å². The molecule has 0 aromatic heterocycles. The molecule has 0 heterocycles. The maximum Gasteiger partial charge on any atom is 0.339 e. The highest BCUT2D eigenvalue weighted by atomic mass is 79.9. The Morgan fingerprint density at radius 3 is 2.33 bits per heavy atom. The zero-order valence-corrected chi connectivity index (χ0v) is 20.7. The van der Waals surface area contributed by atoms with Gasteiger partial charge in [-0.15, -0.1) is 0 Å². The second-order valence-electron chi connectivity index (χ2n) is 5.91. The fraction of sp³-hybridized carbons (Fsp3) is 0.190. The third kappa shape index (κ3) is 6.67. The van der Waals surface area contributed by atoms with Gasteiger partial charge in [-0.2, -0.15) is 0 Å². The predicted molar refractivity (Wildman–Crippen MR) is 126 cm³/mol. The maximum absolute atomic E-state index is 11.7. The molecule has 2 rings (SSSR count). The lowest BCUT2D eigenvalue weighted by atomic mass is 9.99. The number of carbonyl (C=O) groups is 1. The summed E-state index contributed by atoms with van der Waals surface area (Å²) in [5.74, 6) is -0.0191. The first-order valence-corrected chi connectivity index (χ1v) is 10.9. The van der Waals surface area contributed by atoms with Gasteiger partial charge < -0.3 is 19.3 Å². The summed E-state index contributed by atoms with van der Waals surface area (Å²) in [6.07, 6.45) is 1.75. The van der Waals surface area contributed by atoms with E-state index in [1.807, 2.05) is 0 Å². The molecule has 0 spiro atoms. The van der Waals surface area contributed by atoms with E-state index >= 15 is 0 Å². The molecule has 0 atom stereocenters. The van der Waals surface area contributed by atoms with Crippen LogP contribution in [0.15, 0.2) is 51.6 Å². The lowest BCUT2D eigenvalue weighted by Crippen LogP contribution is -2.08. The highest BCUT2D eigenvalue weighted by Gasteiger charge is 2.19. The predicted octanol–water partition coefficient (Wildman–Crippen LogP) is 7.04. The first-order valence-electron chi connectivity index (χ1n) is 8.56. The Labute approximate surface area is 201 Å². The van der Waals surface area contributed by atoms with Crippen LogP contribution in [0.4, 0.5) is 0 Å². The Morgan fingerprint density at radius 2 is 1.77 bits per heavy atom. The van der Waals surface area contributed by atoms with Gasteiger partial charge in [0.25, 0.3) is 0 Å². The van der Waals surface area contributed by atoms with Gasteiger partial charge in [0.05, 0.1) is 20.5 Å². The molecule has 2 aromatic carbocycles. The van der Waals surface area contributed by atoms with Crippen LogP contribution < -0.4 is 9.47 Å². The van der Waals surface area contributed by atoms with E-state index in [1.54, 1.807) is 49.4 Å². The number of hydrogen-bond acceptors (Lipinski definition) is 4. The van der Waals surface area contributed by atoms with Gasteiger partial charge in [0, 0.05) is 12.1 Å². The number of hydrogen-bond donors (Lipinski definition) is 1. The number of carboxylic acid groups (broad SMARTS) is 1. The van der Waals surface area contributed by atoms with Crippen molar-refractivity contribution < 1.29 is 24.1 Å². The normalized spacial score (nSPS) is 11.4. The standard InChI is InChI=1S/C21H18Br2Cl2O5/c1-12(28-2)19(21(26)27)15-6-4-3-5-13(15)11-30-14-9-16(24)20(17(25)10-14)29-8-7-18(22)23/h3-7,9-10H,8,11H2,1-2H3,(H,26,27). The third-order valence-electron chi connectivity index (χ3n) is 3.99. The Hall–Kier alpha value is -1.67. The van der Waals surface area contributed by atoms with E-state index in [0.29, 0.717) is 38.4 Å². The number of ether oxygens (including phenoxy) is 3. The molecule has 0 radical (unpaired) electrons. The number of allylic oxidation sites excluding steroid dienone is 1. The van der Waals surface area contributed by atoms with Crippen LogP contribution in [0.1, 0.15) is 18.1 Å². The molecule has 0 unspecified atom stereocenters. The van der Waals surface area contributed by atoms with Gasteiger partial charge in [-0.05, 0) is 56.0 Å². The first-order chi connectivity index (χ1) is 14.2. The molecule has 1 N–H and O–H groups in total. The molecule has 0 amide bonds. The minimum atomic E-state index is -1.08. The van der Waals surface area contributed by atoms with E-state index in [1.165, 1.54) is 7.11 Å². The van der Waals surface area contributed by atoms with E-state index in [-0.39, 0.29) is 18.8 Å². The van der Waals surface area contributed by atoms with Crippen LogP contribution in [0.25, 0.3) is 5.57 Å². The summed E-state index contributed by atoms with van der Waals surface area (Å²) < 4.78 is 17.3. The summed E-state index contributed by atoms with van der Waals surface area (Å²) in [6.45, 7) is 1.97. The molecule has 0 aliphatic rings. The Balaban J connectivity index is 2.25. The summed E-state index contributed by atoms with van der Waals surface area (Å²) >= 11 is 19.0. The minimum absolute atomic E-state index is 0.0718. The summed E-state index contributed by atoms with van der Waals surface area (Å²) in [4.78, 5) is 11.7. The monoisotopic (exact) mass is 578 g/mol. The quantitative estimate of drug-likeness (QED) is 0.254. The number of aliphatic carboxylic acids is 1. The van der Waals surface area contributed by atoms with E-state index < -0.39 is 5.97 Å². The maximum atomic E-state index is 11.7. The Bertz CT molecular complexity index is 962. The highest BCUT2D eigenvalue weighted by molar-refractivity contribution is 9.28. The zero-order valence-electron chi connectivity index (χ0n) is 16.0. The minimum Gasteiger partial charge on any atom is -0.500 e. The lowest BCUT2D eigenvalue weighted by molar-refractivity contribution is -0.130. The van der Waals surface area contributed by atoms with Crippen LogP contribution in [0, 0.1) is 0 Å². The second kappa shape index (κ2) is 11.6. The molecule has 0 fully saturated rings. The van der Waals surface area contributed by atoms with Crippen LogP contribution in [0.3, 0.4) is 0 Å². The van der Waals surface area contributed by atoms with Crippen LogP contribution in [-0.2, 0) is 16.1 Å². The number of benzene rings is 2. The van der Waals surface area contributed by atoms with E-state index in [0.717, 1.165) is 3.39 Å². The molecule has 0 aliphatic heterocycles. The molecule has 160 valence electrons. The summed E-state index contributed by atoms with van der Waals surface area (Å²) in [6, 6.07) is 10.2. The molecule has 30 heavy (non-hydrogen) atoms. The van der Waals surface area contributed by atoms with Gasteiger partial charge in [0.2, 0.25) is 0 Å². The van der Waals surface area contributed by atoms with Crippen LogP contribution in [0.2, 0.25) is 10.0 Å². The average molecular weight is 581 g/mol. The van der Waals surface area contributed by atoms with Crippen LogP contribution >= 0.6 is 55.1 Å². The van der Waals surface area contributed by atoms with Crippen LogP contribution in [-0.4, -0.2) is 24.8 Å². The Kier molecular flexibility index (Phi) is 9.55. The van der Waals surface area contributed by atoms with E-state index in [9.17, 15) is 9.90 Å². The van der Waals surface area contributed by atoms with Crippen molar-refractivity contribution in [3.63, 3.8) is 0 Å². The van der Waals surface area contributed by atoms with Crippen molar-refractivity contribution in [3.8, 4) is 11.5 Å². The molecule has 5 nitrogen and oxygen atoms in total. The molecular formula is C21H18Br2Cl2O5. The number of carboxylic acids is 1. The van der Waals surface area contributed by atoms with Crippen molar-refractivity contribution in [3.05, 3.63) is 72.8 Å². The molecule has 9 heteroatoms. The number of halogens is 4. The third-order valence-corrected chi connectivity index (χ3v) is 5.20. The summed E-state index contributed by atoms with van der Waals surface area (Å²) in [7, 11) is 1.43. The molecule has 0 bridgehead atoms. The SMILES string of the molecule is COC(C)=C(C(=O)O)c1ccccc1COc1cc(Cl)c(OCC=C(Br)Br)c(Cl)c1. The summed E-state index contributed by atoms with van der Waals surface area (Å²) in [5.41, 5.74) is 1.25. The van der Waals surface area contributed by atoms with Crippen LogP contribution in [0.5, 0.6) is 11.5 Å². The zero-order chi connectivity index (χ0) is 22.3. The number of methoxy groups -OCH3 is 1. The number of rotatable bonds is 9. The molecule has 0 aliphatic carbocycles. The second-order valence-corrected chi connectivity index (χ2v) is 9.49. The van der Waals surface area contributed by atoms with Crippen molar-refractivity contribution in [2.75, 3.05) is 13.7 Å². The van der Waals surface area contributed by atoms with Crippen molar-refractivity contribution in [1.29, 1.82) is 0 Å². The first kappa shape index (κ1) is 24.6. The fourth-order valence-electron chi connectivity index (χ4n) is 2.55. The van der Waals surface area contributed by atoms with Gasteiger partial charge in [-0.1, -0.05) is 47.5 Å². The lowest BCUT2D eigenvalue weighted by Gasteiger charge is -2.15. The highest BCUT2D eigenvalue weighted by Crippen LogP contribution is 2.37. The van der Waals surface area contributed by atoms with Gasteiger partial charge in [0.1, 0.15) is 30.3 Å². The van der Waals surface area contributed by atoms with Gasteiger partial charge in [0.15, 0.2) is 5.75 Å². The topological polar surface area (TPSA) is 65.0 Å². The largest absolute Gasteiger partial charge is 0.500 e. The van der Waals surface area contributed by atoms with E-state index in [4.69, 9.17) is 37.4 Å². The van der Waals surface area contributed by atoms with Crippen molar-refractivity contribution in [1.82, 2.24) is 0 Å². The van der Waals surface area contributed by atoms with Gasteiger partial charge in [-0.25, -0.2) is 4.79 Å². The van der Waals surface area contributed by atoms with Crippen molar-refractivity contribution in [2.24, 2.45) is 0 Å². The van der Waals surface area contributed by atoms with E-state index in [2.05, 4.69) is 31.9 Å². The molecular weight excluding hydrogens is 563 g/mol. The molecule has 2 aromatic rings. The van der Waals surface area contributed by atoms with Crippen molar-refractivity contribution >= 4 is 66.6 Å². The average Bonchev–Trinajstić information content (AvgIpc) is 2.68. The fourth-order valence-corrected chi connectivity index (χ4v) is 3.39. The smallest absolute Gasteiger partial charge is 0.339 e.